The molecule has 2 aromatic rings. The van der Waals surface area contributed by atoms with E-state index in [2.05, 4.69) is 5.32 Å². The average molecular weight is 562 g/mol. The first kappa shape index (κ1) is 30.4. The number of halogens is 4. The Morgan fingerprint density at radius 3 is 2.38 bits per heavy atom. The first-order chi connectivity index (χ1) is 17.1. The molecule has 2 aromatic carbocycles. The molecule has 0 radical (unpaired) electrons. The molecule has 37 heavy (non-hydrogen) atoms. The number of alkyl halides is 3. The SMILES string of the molecule is CCCCNC(=O)[C@@H](C)N(Cc1cccc(C)c1)C(=O)CN(c1ccc(Cl)c(C(F)(F)F)c1)S(C)(=O)=O. The minimum absolute atomic E-state index is 0.00506. The molecule has 0 saturated carbocycles. The van der Waals surface area contributed by atoms with Crippen molar-refractivity contribution in [3.8, 4) is 0 Å². The number of benzene rings is 2. The van der Waals surface area contributed by atoms with Crippen molar-refractivity contribution in [1.29, 1.82) is 0 Å². The number of carbonyl (C=O) groups excluding carboxylic acids is 2. The molecule has 7 nitrogen and oxygen atoms in total. The van der Waals surface area contributed by atoms with E-state index in [4.69, 9.17) is 11.6 Å². The van der Waals surface area contributed by atoms with Crippen LogP contribution in [0.5, 0.6) is 0 Å². The van der Waals surface area contributed by atoms with Gasteiger partial charge >= 0.3 is 6.18 Å². The maximum Gasteiger partial charge on any atom is 0.417 e. The van der Waals surface area contributed by atoms with Crippen molar-refractivity contribution in [2.24, 2.45) is 0 Å². The van der Waals surface area contributed by atoms with E-state index in [0.717, 1.165) is 36.8 Å². The van der Waals surface area contributed by atoms with Gasteiger partial charge in [-0.15, -0.1) is 0 Å². The number of amides is 2. The Kier molecular flexibility index (Phi) is 10.4. The summed E-state index contributed by atoms with van der Waals surface area (Å²) in [6, 6.07) is 8.87. The van der Waals surface area contributed by atoms with Crippen molar-refractivity contribution in [2.45, 2.75) is 52.4 Å². The summed E-state index contributed by atoms with van der Waals surface area (Å²) in [7, 11) is -4.19. The maximum absolute atomic E-state index is 13.5. The number of unbranched alkanes of at least 4 members (excludes halogenated alkanes) is 1. The van der Waals surface area contributed by atoms with Crippen LogP contribution in [0.1, 0.15) is 43.4 Å². The standard InChI is InChI=1S/C25H31ClF3N3O4S/c1-5-6-12-30-24(34)18(3)31(15-19-9-7-8-17(2)13-19)23(33)16-32(37(4,35)36)20-10-11-22(26)21(14-20)25(27,28)29/h7-11,13-14,18H,5-6,12,15-16H2,1-4H3,(H,30,34)/t18-/m1/s1. The molecule has 0 aliphatic rings. The number of sulfonamides is 1. The van der Waals surface area contributed by atoms with Crippen molar-refractivity contribution in [1.82, 2.24) is 10.2 Å². The number of carbonyl (C=O) groups is 2. The number of aryl methyl sites for hydroxylation is 1. The van der Waals surface area contributed by atoms with Gasteiger partial charge in [-0.2, -0.15) is 13.2 Å². The number of nitrogens with one attached hydrogen (secondary N) is 1. The molecule has 0 unspecified atom stereocenters. The second-order valence-electron chi connectivity index (χ2n) is 8.76. The summed E-state index contributed by atoms with van der Waals surface area (Å²) >= 11 is 5.68. The van der Waals surface area contributed by atoms with Gasteiger partial charge in [-0.3, -0.25) is 13.9 Å². The Morgan fingerprint density at radius 2 is 1.81 bits per heavy atom. The third-order valence-electron chi connectivity index (χ3n) is 5.65. The lowest BCUT2D eigenvalue weighted by Crippen LogP contribution is -2.51. The molecule has 0 saturated heterocycles. The van der Waals surface area contributed by atoms with Crippen molar-refractivity contribution in [3.05, 3.63) is 64.2 Å². The molecule has 2 rings (SSSR count). The Morgan fingerprint density at radius 1 is 1.14 bits per heavy atom. The van der Waals surface area contributed by atoms with Gasteiger partial charge in [0.2, 0.25) is 21.8 Å². The number of rotatable bonds is 11. The second-order valence-corrected chi connectivity index (χ2v) is 11.1. The highest BCUT2D eigenvalue weighted by molar-refractivity contribution is 7.92. The number of hydrogen-bond acceptors (Lipinski definition) is 4. The fourth-order valence-corrected chi connectivity index (χ4v) is 4.69. The maximum atomic E-state index is 13.5. The molecule has 0 aromatic heterocycles. The zero-order chi connectivity index (χ0) is 28.0. The van der Waals surface area contributed by atoms with E-state index in [1.165, 1.54) is 11.8 Å². The Balaban J connectivity index is 2.44. The largest absolute Gasteiger partial charge is 0.417 e. The molecular weight excluding hydrogens is 531 g/mol. The lowest BCUT2D eigenvalue weighted by atomic mass is 10.1. The molecule has 0 aliphatic carbocycles. The summed E-state index contributed by atoms with van der Waals surface area (Å²) in [6.07, 6.45) is -2.45. The monoisotopic (exact) mass is 561 g/mol. The van der Waals surface area contributed by atoms with Crippen molar-refractivity contribution in [2.75, 3.05) is 23.7 Å². The van der Waals surface area contributed by atoms with Crippen molar-refractivity contribution in [3.63, 3.8) is 0 Å². The van der Waals surface area contributed by atoms with Crippen LogP contribution in [0.3, 0.4) is 0 Å². The molecule has 0 aliphatic heterocycles. The summed E-state index contributed by atoms with van der Waals surface area (Å²) in [5.74, 6) is -1.18. The van der Waals surface area contributed by atoms with E-state index in [0.29, 0.717) is 22.5 Å². The predicted molar refractivity (Wildman–Crippen MR) is 138 cm³/mol. The third-order valence-corrected chi connectivity index (χ3v) is 7.12. The molecule has 204 valence electrons. The van der Waals surface area contributed by atoms with Gasteiger partial charge < -0.3 is 10.2 Å². The van der Waals surface area contributed by atoms with E-state index in [9.17, 15) is 31.2 Å². The quantitative estimate of drug-likeness (QED) is 0.401. The van der Waals surface area contributed by atoms with Crippen LogP contribution >= 0.6 is 11.6 Å². The zero-order valence-electron chi connectivity index (χ0n) is 21.1. The van der Waals surface area contributed by atoms with Gasteiger partial charge in [-0.1, -0.05) is 54.8 Å². The van der Waals surface area contributed by atoms with Gasteiger partial charge in [0.25, 0.3) is 0 Å². The van der Waals surface area contributed by atoms with Gasteiger partial charge in [0.05, 0.1) is 22.5 Å². The van der Waals surface area contributed by atoms with Gasteiger partial charge in [-0.25, -0.2) is 8.42 Å². The van der Waals surface area contributed by atoms with Gasteiger partial charge in [0.15, 0.2) is 0 Å². The van der Waals surface area contributed by atoms with Crippen LogP contribution in [0.2, 0.25) is 5.02 Å². The lowest BCUT2D eigenvalue weighted by molar-refractivity contribution is -0.139. The van der Waals surface area contributed by atoms with Crippen molar-refractivity contribution < 1.29 is 31.2 Å². The molecule has 1 N–H and O–H groups in total. The molecule has 0 bridgehead atoms. The first-order valence-corrected chi connectivity index (χ1v) is 13.8. The molecule has 0 spiro atoms. The summed E-state index contributed by atoms with van der Waals surface area (Å²) in [6.45, 7) is 4.94. The van der Waals surface area contributed by atoms with Gasteiger partial charge in [-0.05, 0) is 44.0 Å². The highest BCUT2D eigenvalue weighted by Gasteiger charge is 2.35. The minimum atomic E-state index is -4.83. The Labute approximate surface area is 220 Å². The first-order valence-electron chi connectivity index (χ1n) is 11.6. The molecule has 0 fully saturated rings. The van der Waals surface area contributed by atoms with E-state index in [1.54, 1.807) is 12.1 Å². The molecule has 0 heterocycles. The van der Waals surface area contributed by atoms with E-state index >= 15 is 0 Å². The smallest absolute Gasteiger partial charge is 0.354 e. The topological polar surface area (TPSA) is 86.8 Å². The van der Waals surface area contributed by atoms with Crippen LogP contribution < -0.4 is 9.62 Å². The van der Waals surface area contributed by atoms with Crippen LogP contribution in [0.4, 0.5) is 18.9 Å². The van der Waals surface area contributed by atoms with Crippen LogP contribution in [0.25, 0.3) is 0 Å². The fraction of sp³-hybridized carbons (Fsp3) is 0.440. The van der Waals surface area contributed by atoms with Crippen LogP contribution in [-0.4, -0.2) is 50.5 Å². The normalized spacial score (nSPS) is 12.6. The number of anilines is 1. The predicted octanol–water partition coefficient (Wildman–Crippen LogP) is 4.77. The van der Waals surface area contributed by atoms with E-state index in [-0.39, 0.29) is 12.2 Å². The van der Waals surface area contributed by atoms with Gasteiger partial charge in [0.1, 0.15) is 12.6 Å². The number of hydrogen-bond donors (Lipinski definition) is 1. The zero-order valence-corrected chi connectivity index (χ0v) is 22.7. The Hall–Kier alpha value is -2.79. The van der Waals surface area contributed by atoms with Crippen LogP contribution in [0.15, 0.2) is 42.5 Å². The molecule has 12 heteroatoms. The molecule has 2 amide bonds. The summed E-state index contributed by atoms with van der Waals surface area (Å²) in [5, 5.41) is 2.15. The van der Waals surface area contributed by atoms with Crippen molar-refractivity contribution >= 4 is 39.1 Å². The summed E-state index contributed by atoms with van der Waals surface area (Å²) < 4.78 is 65.9. The summed E-state index contributed by atoms with van der Waals surface area (Å²) in [4.78, 5) is 27.5. The number of nitrogens with zero attached hydrogens (tertiary/aromatic N) is 2. The van der Waals surface area contributed by atoms with E-state index in [1.807, 2.05) is 26.0 Å². The second kappa shape index (κ2) is 12.6. The minimum Gasteiger partial charge on any atom is -0.354 e. The summed E-state index contributed by atoms with van der Waals surface area (Å²) in [5.41, 5.74) is 0.0260. The van der Waals surface area contributed by atoms with E-state index < -0.39 is 51.2 Å². The molecular formula is C25H31ClF3N3O4S. The molecule has 1 atom stereocenters. The Bertz CT molecular complexity index is 1220. The van der Waals surface area contributed by atoms with Crippen LogP contribution in [-0.2, 0) is 32.3 Å². The average Bonchev–Trinajstić information content (AvgIpc) is 2.79. The van der Waals surface area contributed by atoms with Gasteiger partial charge in [0, 0.05) is 13.1 Å². The highest BCUT2D eigenvalue weighted by atomic mass is 35.5. The lowest BCUT2D eigenvalue weighted by Gasteiger charge is -2.31. The third kappa shape index (κ3) is 8.63. The highest BCUT2D eigenvalue weighted by Crippen LogP contribution is 2.37. The fourth-order valence-electron chi connectivity index (χ4n) is 3.63. The van der Waals surface area contributed by atoms with Crippen LogP contribution in [0, 0.1) is 6.92 Å².